The Morgan fingerprint density at radius 1 is 0.525 bits per heavy atom. The van der Waals surface area contributed by atoms with E-state index in [1.807, 2.05) is 0 Å². The fraction of sp³-hybridized carbons (Fsp3) is 0.414. The molecule has 3 nitrogen and oxygen atoms in total. The molecule has 4 aromatic heterocycles. The van der Waals surface area contributed by atoms with Gasteiger partial charge in [0.2, 0.25) is 0 Å². The fourth-order valence-corrected chi connectivity index (χ4v) is 17.5. The average molecular weight is 792 g/mol. The molecule has 8 aliphatic rings. The standard InChI is InChI=1S/C58H53N3/c1-56(2,3)37-22-42(30-10-6-4-7-11-30)48(43(23-37)31-12-8-5-9-13-31)32-18-44-51-46(28-59-53-35-16-40-20-38-14-33(49(51)53)24-57(38,40)26-35)61-47-29-60-54-36-17-41-21-39-15-34(25-58(39,41)27-36)50(54)52(47)45(19-32)55(44)61/h4-13,18-19,22-23,28-29,33-36,38-41H,14-17,20-21,24-27H2,1-3H3. The van der Waals surface area contributed by atoms with Gasteiger partial charge in [0.1, 0.15) is 0 Å². The molecule has 4 aromatic carbocycles. The molecule has 6 fully saturated rings. The lowest BCUT2D eigenvalue weighted by molar-refractivity contribution is 0.00321. The summed E-state index contributed by atoms with van der Waals surface area (Å²) in [4.78, 5) is 11.2. The summed E-state index contributed by atoms with van der Waals surface area (Å²) in [5.41, 5.74) is 20.8. The highest BCUT2D eigenvalue weighted by Crippen LogP contribution is 2.78. The molecule has 8 aliphatic carbocycles. The number of rotatable bonds is 3. The normalized spacial score (nSPS) is 33.3. The Kier molecular flexibility index (Phi) is 5.93. The summed E-state index contributed by atoms with van der Waals surface area (Å²) >= 11 is 0. The number of pyridine rings is 2. The van der Waals surface area contributed by atoms with Crippen LogP contribution in [0.2, 0.25) is 0 Å². The van der Waals surface area contributed by atoms with Crippen molar-refractivity contribution in [3.8, 4) is 33.4 Å². The minimum atomic E-state index is -0.0116. The van der Waals surface area contributed by atoms with Gasteiger partial charge in [-0.2, -0.15) is 0 Å². The Labute approximate surface area is 358 Å². The van der Waals surface area contributed by atoms with E-state index in [-0.39, 0.29) is 5.41 Å². The van der Waals surface area contributed by atoms with Crippen LogP contribution in [0.25, 0.3) is 71.5 Å². The summed E-state index contributed by atoms with van der Waals surface area (Å²) in [5, 5.41) is 5.94. The van der Waals surface area contributed by atoms with Gasteiger partial charge in [-0.25, -0.2) is 0 Å². The molecule has 10 unspecified atom stereocenters. The topological polar surface area (TPSA) is 30.2 Å². The minimum Gasteiger partial charge on any atom is -0.305 e. The van der Waals surface area contributed by atoms with Gasteiger partial charge in [-0.3, -0.25) is 9.97 Å². The fourth-order valence-electron chi connectivity index (χ4n) is 17.5. The third kappa shape index (κ3) is 3.90. The molecule has 0 radical (unpaired) electrons. The van der Waals surface area contributed by atoms with Gasteiger partial charge in [0.15, 0.2) is 0 Å². The summed E-state index contributed by atoms with van der Waals surface area (Å²) in [6.07, 6.45) is 18.5. The second kappa shape index (κ2) is 10.8. The van der Waals surface area contributed by atoms with Crippen LogP contribution in [0, 0.1) is 34.5 Å². The third-order valence-corrected chi connectivity index (χ3v) is 19.8. The maximum Gasteiger partial charge on any atom is 0.0728 e. The zero-order chi connectivity index (χ0) is 39.9. The van der Waals surface area contributed by atoms with Crippen LogP contribution in [-0.4, -0.2) is 14.4 Å². The molecule has 16 rings (SSSR count). The number of aromatic nitrogens is 3. The van der Waals surface area contributed by atoms with Crippen LogP contribution in [0.5, 0.6) is 0 Å². The second-order valence-corrected chi connectivity index (χ2v) is 23.1. The summed E-state index contributed by atoms with van der Waals surface area (Å²) in [5.74, 6) is 6.17. The number of hydrogen-bond donors (Lipinski definition) is 0. The molecule has 0 N–H and O–H groups in total. The van der Waals surface area contributed by atoms with Crippen LogP contribution in [0.3, 0.4) is 0 Å². The summed E-state index contributed by atoms with van der Waals surface area (Å²) in [6.45, 7) is 7.12. The maximum absolute atomic E-state index is 5.62. The van der Waals surface area contributed by atoms with Crippen molar-refractivity contribution in [2.75, 3.05) is 0 Å². The molecule has 10 atom stereocenters. The molecule has 6 bridgehead atoms. The number of nitrogens with zero attached hydrogens (tertiary/aromatic N) is 3. The lowest BCUT2D eigenvalue weighted by Gasteiger charge is -2.48. The van der Waals surface area contributed by atoms with Gasteiger partial charge in [-0.15, -0.1) is 0 Å². The highest BCUT2D eigenvalue weighted by atomic mass is 15.0. The highest BCUT2D eigenvalue weighted by molar-refractivity contribution is 6.26. The van der Waals surface area contributed by atoms with E-state index in [1.54, 1.807) is 11.1 Å². The minimum absolute atomic E-state index is 0.0116. The average Bonchev–Trinajstić information content (AvgIpc) is 4.06. The van der Waals surface area contributed by atoms with Crippen LogP contribution < -0.4 is 0 Å². The molecule has 2 spiro atoms. The molecule has 61 heavy (non-hydrogen) atoms. The van der Waals surface area contributed by atoms with E-state index in [0.717, 1.165) is 23.7 Å². The van der Waals surface area contributed by atoms with E-state index in [4.69, 9.17) is 9.97 Å². The van der Waals surface area contributed by atoms with E-state index in [9.17, 15) is 0 Å². The first-order chi connectivity index (χ1) is 29.8. The van der Waals surface area contributed by atoms with Crippen molar-refractivity contribution in [3.63, 3.8) is 0 Å². The molecule has 300 valence electrons. The van der Waals surface area contributed by atoms with Gasteiger partial charge >= 0.3 is 0 Å². The van der Waals surface area contributed by atoms with Crippen molar-refractivity contribution in [2.24, 2.45) is 34.5 Å². The molecular formula is C58H53N3. The van der Waals surface area contributed by atoms with Gasteiger partial charge in [0, 0.05) is 44.8 Å². The number of benzene rings is 4. The van der Waals surface area contributed by atoms with Crippen LogP contribution in [0.4, 0.5) is 0 Å². The summed E-state index contributed by atoms with van der Waals surface area (Å²) in [7, 11) is 0. The van der Waals surface area contributed by atoms with E-state index >= 15 is 0 Å². The summed E-state index contributed by atoms with van der Waals surface area (Å²) in [6, 6.07) is 33.0. The van der Waals surface area contributed by atoms with Crippen LogP contribution in [0.1, 0.15) is 137 Å². The third-order valence-electron chi connectivity index (χ3n) is 19.8. The van der Waals surface area contributed by atoms with Gasteiger partial charge in [0.05, 0.1) is 28.9 Å². The maximum atomic E-state index is 5.62. The smallest absolute Gasteiger partial charge is 0.0728 e. The van der Waals surface area contributed by atoms with Crippen molar-refractivity contribution in [1.29, 1.82) is 0 Å². The SMILES string of the molecule is CC(C)(C)c1cc(-c2ccccc2)c(-c2cc3c4c5c(ncc4n4c6cnc7c(c6c(c2)c34)C2CC3CC4CC7CC43C2)C2CC3CC4CC5CC34C2)c(-c2ccccc2)c1. The first kappa shape index (κ1) is 33.6. The Bertz CT molecular complexity index is 3060. The molecule has 0 saturated heterocycles. The Morgan fingerprint density at radius 3 is 1.43 bits per heavy atom. The zero-order valence-electron chi connectivity index (χ0n) is 35.8. The molecular weight excluding hydrogens is 739 g/mol. The Morgan fingerprint density at radius 2 is 0.967 bits per heavy atom. The van der Waals surface area contributed by atoms with E-state index in [0.29, 0.717) is 34.5 Å². The van der Waals surface area contributed by atoms with E-state index < -0.39 is 0 Å². The number of hydrogen-bond acceptors (Lipinski definition) is 2. The lowest BCUT2D eigenvalue weighted by Crippen LogP contribution is -2.41. The Hall–Kier alpha value is -5.02. The predicted molar refractivity (Wildman–Crippen MR) is 248 cm³/mol. The van der Waals surface area contributed by atoms with Gasteiger partial charge in [-0.1, -0.05) is 81.4 Å². The van der Waals surface area contributed by atoms with Crippen LogP contribution in [0.15, 0.2) is 97.3 Å². The van der Waals surface area contributed by atoms with Crippen molar-refractivity contribution >= 4 is 38.1 Å². The molecule has 3 heteroatoms. The number of fused-ring (bicyclic) bond motifs is 18. The monoisotopic (exact) mass is 791 g/mol. The molecule has 0 aliphatic heterocycles. The van der Waals surface area contributed by atoms with Gasteiger partial charge in [-0.05, 0) is 190 Å². The first-order valence-corrected chi connectivity index (χ1v) is 24.1. The van der Waals surface area contributed by atoms with Crippen molar-refractivity contribution < 1.29 is 0 Å². The quantitative estimate of drug-likeness (QED) is 0.178. The summed E-state index contributed by atoms with van der Waals surface area (Å²) < 4.78 is 2.68. The van der Waals surface area contributed by atoms with Crippen molar-refractivity contribution in [2.45, 2.75) is 114 Å². The van der Waals surface area contributed by atoms with Crippen molar-refractivity contribution in [1.82, 2.24) is 14.4 Å². The van der Waals surface area contributed by atoms with E-state index in [2.05, 4.69) is 122 Å². The van der Waals surface area contributed by atoms with Gasteiger partial charge in [0.25, 0.3) is 0 Å². The molecule has 8 aromatic rings. The van der Waals surface area contributed by atoms with Crippen LogP contribution >= 0.6 is 0 Å². The van der Waals surface area contributed by atoms with Crippen molar-refractivity contribution in [3.05, 3.63) is 125 Å². The molecule has 4 heterocycles. The lowest BCUT2D eigenvalue weighted by atomic mass is 9.56. The van der Waals surface area contributed by atoms with Gasteiger partial charge < -0.3 is 4.40 Å². The Balaban J connectivity index is 1.07. The molecule has 6 saturated carbocycles. The predicted octanol–water partition coefficient (Wildman–Crippen LogP) is 14.7. The highest BCUT2D eigenvalue weighted by Gasteiger charge is 2.67. The second-order valence-electron chi connectivity index (χ2n) is 23.1. The largest absolute Gasteiger partial charge is 0.305 e. The zero-order valence-corrected chi connectivity index (χ0v) is 35.8. The van der Waals surface area contributed by atoms with E-state index in [1.165, 1.54) is 153 Å². The first-order valence-electron chi connectivity index (χ1n) is 24.1. The molecule has 0 amide bonds. The van der Waals surface area contributed by atoms with Crippen LogP contribution in [-0.2, 0) is 5.41 Å².